The van der Waals surface area contributed by atoms with Gasteiger partial charge in [-0.05, 0) is 31.0 Å². The van der Waals surface area contributed by atoms with Crippen molar-refractivity contribution in [2.24, 2.45) is 0 Å². The fourth-order valence-corrected chi connectivity index (χ4v) is 3.21. The zero-order chi connectivity index (χ0) is 15.6. The maximum atomic E-state index is 12.6. The van der Waals surface area contributed by atoms with E-state index in [4.69, 9.17) is 0 Å². The molecule has 6 nitrogen and oxygen atoms in total. The van der Waals surface area contributed by atoms with Crippen LogP contribution in [-0.2, 0) is 0 Å². The quantitative estimate of drug-likeness (QED) is 0.788. The number of pyridine rings is 1. The Morgan fingerprint density at radius 1 is 1.30 bits per heavy atom. The maximum Gasteiger partial charge on any atom is 0.257 e. The lowest BCUT2D eigenvalue weighted by Gasteiger charge is -2.32. The molecule has 116 valence electrons. The molecular weight excluding hydrogens is 290 g/mol. The molecule has 23 heavy (non-hydrogen) atoms. The number of aromatic nitrogens is 4. The molecule has 1 aliphatic rings. The van der Waals surface area contributed by atoms with Gasteiger partial charge in [0.15, 0.2) is 0 Å². The Bertz CT molecular complexity index is 796. The molecule has 1 aliphatic heterocycles. The number of fused-ring (bicyclic) bond motifs is 1. The van der Waals surface area contributed by atoms with Gasteiger partial charge in [0.25, 0.3) is 5.91 Å². The van der Waals surface area contributed by atoms with Crippen molar-refractivity contribution in [3.05, 3.63) is 54.4 Å². The van der Waals surface area contributed by atoms with E-state index < -0.39 is 0 Å². The highest BCUT2D eigenvalue weighted by Gasteiger charge is 2.26. The number of H-pyrrole nitrogens is 1. The summed E-state index contributed by atoms with van der Waals surface area (Å²) in [5, 5.41) is 1.11. The molecule has 1 amide bonds. The number of likely N-dealkylation sites (tertiary alicyclic amines) is 1. The SMILES string of the molecule is O=C(c1cncnc1)N1CCC[C@@H](c2cc3cccnc3[nH]2)C1. The number of aromatic amines is 1. The van der Waals surface area contributed by atoms with Crippen LogP contribution in [0.5, 0.6) is 0 Å². The molecule has 0 aromatic carbocycles. The Kier molecular flexibility index (Phi) is 3.49. The van der Waals surface area contributed by atoms with E-state index in [-0.39, 0.29) is 5.91 Å². The average molecular weight is 307 g/mol. The molecule has 4 heterocycles. The van der Waals surface area contributed by atoms with E-state index in [1.807, 2.05) is 11.0 Å². The molecular formula is C17H17N5O. The largest absolute Gasteiger partial charge is 0.343 e. The van der Waals surface area contributed by atoms with Crippen molar-refractivity contribution in [1.82, 2.24) is 24.8 Å². The summed E-state index contributed by atoms with van der Waals surface area (Å²) in [7, 11) is 0. The van der Waals surface area contributed by atoms with E-state index in [9.17, 15) is 4.79 Å². The summed E-state index contributed by atoms with van der Waals surface area (Å²) in [6, 6.07) is 6.13. The van der Waals surface area contributed by atoms with Crippen LogP contribution in [0, 0.1) is 0 Å². The molecule has 0 spiro atoms. The summed E-state index contributed by atoms with van der Waals surface area (Å²) < 4.78 is 0. The van der Waals surface area contributed by atoms with E-state index in [2.05, 4.69) is 32.1 Å². The Hall–Kier alpha value is -2.76. The Morgan fingerprint density at radius 2 is 2.17 bits per heavy atom. The second-order valence-electron chi connectivity index (χ2n) is 5.88. The summed E-state index contributed by atoms with van der Waals surface area (Å²) in [6.07, 6.45) is 8.44. The van der Waals surface area contributed by atoms with Gasteiger partial charge in [-0.1, -0.05) is 0 Å². The van der Waals surface area contributed by atoms with Crippen molar-refractivity contribution in [3.63, 3.8) is 0 Å². The lowest BCUT2D eigenvalue weighted by atomic mass is 9.94. The van der Waals surface area contributed by atoms with E-state index in [1.54, 1.807) is 18.6 Å². The van der Waals surface area contributed by atoms with E-state index in [0.717, 1.165) is 36.1 Å². The highest BCUT2D eigenvalue weighted by molar-refractivity contribution is 5.93. The molecule has 0 radical (unpaired) electrons. The van der Waals surface area contributed by atoms with E-state index in [1.165, 1.54) is 6.33 Å². The van der Waals surface area contributed by atoms with Crippen molar-refractivity contribution in [1.29, 1.82) is 0 Å². The van der Waals surface area contributed by atoms with Gasteiger partial charge >= 0.3 is 0 Å². The topological polar surface area (TPSA) is 74.8 Å². The van der Waals surface area contributed by atoms with Gasteiger partial charge in [0.2, 0.25) is 0 Å². The molecule has 0 aliphatic carbocycles. The molecule has 0 saturated carbocycles. The monoisotopic (exact) mass is 307 g/mol. The van der Waals surface area contributed by atoms with Crippen LogP contribution in [0.2, 0.25) is 0 Å². The molecule has 1 fully saturated rings. The summed E-state index contributed by atoms with van der Waals surface area (Å²) in [5.41, 5.74) is 2.61. The first-order chi connectivity index (χ1) is 11.3. The summed E-state index contributed by atoms with van der Waals surface area (Å²) in [6.45, 7) is 1.49. The van der Waals surface area contributed by atoms with Gasteiger partial charge in [-0.3, -0.25) is 4.79 Å². The Morgan fingerprint density at radius 3 is 3.00 bits per heavy atom. The van der Waals surface area contributed by atoms with Gasteiger partial charge in [0.1, 0.15) is 12.0 Å². The number of carbonyl (C=O) groups excluding carboxylic acids is 1. The van der Waals surface area contributed by atoms with Crippen LogP contribution in [0.15, 0.2) is 43.1 Å². The molecule has 3 aromatic heterocycles. The summed E-state index contributed by atoms with van der Waals surface area (Å²) in [4.78, 5) is 30.1. The number of hydrogen-bond donors (Lipinski definition) is 1. The third-order valence-corrected chi connectivity index (χ3v) is 4.37. The third kappa shape index (κ3) is 2.67. The lowest BCUT2D eigenvalue weighted by molar-refractivity contribution is 0.0705. The third-order valence-electron chi connectivity index (χ3n) is 4.37. The number of rotatable bonds is 2. The molecule has 6 heteroatoms. The second-order valence-corrected chi connectivity index (χ2v) is 5.88. The van der Waals surface area contributed by atoms with Crippen molar-refractivity contribution in [2.45, 2.75) is 18.8 Å². The molecule has 1 atom stereocenters. The minimum Gasteiger partial charge on any atom is -0.343 e. The number of hydrogen-bond acceptors (Lipinski definition) is 4. The van der Waals surface area contributed by atoms with Gasteiger partial charge in [0.05, 0.1) is 5.56 Å². The minimum atomic E-state index is 0.00420. The zero-order valence-electron chi connectivity index (χ0n) is 12.6. The van der Waals surface area contributed by atoms with Crippen molar-refractivity contribution in [2.75, 3.05) is 13.1 Å². The predicted octanol–water partition coefficient (Wildman–Crippen LogP) is 2.37. The first-order valence-electron chi connectivity index (χ1n) is 7.79. The number of nitrogens with zero attached hydrogens (tertiary/aromatic N) is 4. The second kappa shape index (κ2) is 5.79. The molecule has 0 unspecified atom stereocenters. The predicted molar refractivity (Wildman–Crippen MR) is 86.0 cm³/mol. The minimum absolute atomic E-state index is 0.00420. The smallest absolute Gasteiger partial charge is 0.257 e. The maximum absolute atomic E-state index is 12.6. The van der Waals surface area contributed by atoms with Crippen molar-refractivity contribution >= 4 is 16.9 Å². The number of nitrogens with one attached hydrogen (secondary N) is 1. The van der Waals surface area contributed by atoms with Crippen LogP contribution in [0.4, 0.5) is 0 Å². The fraction of sp³-hybridized carbons (Fsp3) is 0.294. The normalized spacial score (nSPS) is 18.3. The van der Waals surface area contributed by atoms with Crippen molar-refractivity contribution in [3.8, 4) is 0 Å². The van der Waals surface area contributed by atoms with Crippen LogP contribution in [0.25, 0.3) is 11.0 Å². The molecule has 1 saturated heterocycles. The van der Waals surface area contributed by atoms with Gasteiger partial charge < -0.3 is 9.88 Å². The first-order valence-corrected chi connectivity index (χ1v) is 7.79. The highest BCUT2D eigenvalue weighted by atomic mass is 16.2. The number of carbonyl (C=O) groups is 1. The molecule has 4 rings (SSSR count). The lowest BCUT2D eigenvalue weighted by Crippen LogP contribution is -2.39. The molecule has 0 bridgehead atoms. The zero-order valence-corrected chi connectivity index (χ0v) is 12.6. The van der Waals surface area contributed by atoms with Gasteiger partial charge in [-0.15, -0.1) is 0 Å². The average Bonchev–Trinajstić information content (AvgIpc) is 3.06. The molecule has 1 N–H and O–H groups in total. The fourth-order valence-electron chi connectivity index (χ4n) is 3.21. The van der Waals surface area contributed by atoms with Crippen LogP contribution >= 0.6 is 0 Å². The van der Waals surface area contributed by atoms with Crippen LogP contribution < -0.4 is 0 Å². The van der Waals surface area contributed by atoms with E-state index >= 15 is 0 Å². The first kappa shape index (κ1) is 13.9. The number of amides is 1. The van der Waals surface area contributed by atoms with Crippen LogP contribution in [-0.4, -0.2) is 43.8 Å². The van der Waals surface area contributed by atoms with Gasteiger partial charge in [-0.25, -0.2) is 15.0 Å². The molecule has 3 aromatic rings. The standard InChI is InChI=1S/C17H17N5O/c23-17(14-8-18-11-19-9-14)22-6-2-4-13(10-22)15-7-12-3-1-5-20-16(12)21-15/h1,3,5,7-9,11,13H,2,4,6,10H2,(H,20,21)/t13-/m1/s1. The van der Waals surface area contributed by atoms with Crippen LogP contribution in [0.1, 0.15) is 34.8 Å². The summed E-state index contributed by atoms with van der Waals surface area (Å²) >= 11 is 0. The summed E-state index contributed by atoms with van der Waals surface area (Å²) in [5.74, 6) is 0.316. The van der Waals surface area contributed by atoms with Crippen molar-refractivity contribution < 1.29 is 4.79 Å². The Balaban J connectivity index is 1.56. The van der Waals surface area contributed by atoms with E-state index in [0.29, 0.717) is 18.0 Å². The number of piperidine rings is 1. The van der Waals surface area contributed by atoms with Gasteiger partial charge in [-0.2, -0.15) is 0 Å². The van der Waals surface area contributed by atoms with Crippen LogP contribution in [0.3, 0.4) is 0 Å². The Labute approximate surface area is 133 Å². The highest BCUT2D eigenvalue weighted by Crippen LogP contribution is 2.29. The van der Waals surface area contributed by atoms with Gasteiger partial charge in [0, 0.05) is 48.7 Å².